The maximum Gasteiger partial charge on any atom is 0.231 e. The van der Waals surface area contributed by atoms with Crippen LogP contribution >= 0.6 is 15.9 Å². The highest BCUT2D eigenvalue weighted by Crippen LogP contribution is 2.36. The van der Waals surface area contributed by atoms with E-state index in [1.54, 1.807) is 0 Å². The summed E-state index contributed by atoms with van der Waals surface area (Å²) in [4.78, 5) is 4.69. The standard InChI is InChI=1S/C14H16BrNO2/c15-12-7-14-13(17-9-18-14)6-10(12)8-16-11-4-2-1-3-5-11/h6-8,11H,1-5,9H2. The fraction of sp³-hybridized carbons (Fsp3) is 0.500. The van der Waals surface area contributed by atoms with Crippen molar-refractivity contribution in [3.05, 3.63) is 22.2 Å². The number of hydrogen-bond acceptors (Lipinski definition) is 3. The van der Waals surface area contributed by atoms with E-state index in [4.69, 9.17) is 9.47 Å². The first-order valence-electron chi connectivity index (χ1n) is 6.45. The Bertz CT molecular complexity index is 467. The molecule has 0 aromatic heterocycles. The summed E-state index contributed by atoms with van der Waals surface area (Å²) in [5, 5.41) is 0. The molecule has 96 valence electrons. The quantitative estimate of drug-likeness (QED) is 0.775. The molecule has 4 heteroatoms. The minimum atomic E-state index is 0.311. The van der Waals surface area contributed by atoms with Crippen molar-refractivity contribution in [3.8, 4) is 11.5 Å². The molecule has 2 aliphatic rings. The molecule has 1 aliphatic heterocycles. The lowest BCUT2D eigenvalue weighted by atomic mass is 9.96. The lowest BCUT2D eigenvalue weighted by Crippen LogP contribution is -2.09. The molecule has 0 saturated heterocycles. The largest absolute Gasteiger partial charge is 0.454 e. The highest BCUT2D eigenvalue weighted by Gasteiger charge is 2.16. The Morgan fingerprint density at radius 1 is 1.11 bits per heavy atom. The van der Waals surface area contributed by atoms with Crippen LogP contribution in [0.4, 0.5) is 0 Å². The van der Waals surface area contributed by atoms with E-state index in [-0.39, 0.29) is 0 Å². The second-order valence-corrected chi connectivity index (χ2v) is 5.65. The molecule has 1 aliphatic carbocycles. The third-order valence-corrected chi connectivity index (χ3v) is 4.18. The normalized spacial score (nSPS) is 19.6. The Balaban J connectivity index is 1.77. The van der Waals surface area contributed by atoms with Crippen LogP contribution in [0.15, 0.2) is 21.6 Å². The van der Waals surface area contributed by atoms with Gasteiger partial charge in [-0.05, 0) is 40.9 Å². The van der Waals surface area contributed by atoms with Crippen LogP contribution in [0.3, 0.4) is 0 Å². The maximum absolute atomic E-state index is 5.38. The zero-order valence-electron chi connectivity index (χ0n) is 10.2. The summed E-state index contributed by atoms with van der Waals surface area (Å²) in [6, 6.07) is 4.43. The van der Waals surface area contributed by atoms with Gasteiger partial charge in [-0.3, -0.25) is 4.99 Å². The topological polar surface area (TPSA) is 30.8 Å². The predicted molar refractivity (Wildman–Crippen MR) is 74.7 cm³/mol. The molecule has 1 aromatic carbocycles. The molecule has 1 heterocycles. The first kappa shape index (κ1) is 12.0. The number of ether oxygens (including phenoxy) is 2. The van der Waals surface area contributed by atoms with Gasteiger partial charge < -0.3 is 9.47 Å². The lowest BCUT2D eigenvalue weighted by Gasteiger charge is -2.17. The van der Waals surface area contributed by atoms with Crippen molar-refractivity contribution >= 4 is 22.1 Å². The fourth-order valence-corrected chi connectivity index (χ4v) is 2.87. The summed E-state index contributed by atoms with van der Waals surface area (Å²) in [6.45, 7) is 0.311. The number of halogens is 1. The summed E-state index contributed by atoms with van der Waals surface area (Å²) in [5.74, 6) is 1.61. The molecule has 0 atom stereocenters. The SMILES string of the molecule is Brc1cc2c(cc1C=NC1CCCCC1)OCO2. The van der Waals surface area contributed by atoms with Gasteiger partial charge in [0, 0.05) is 22.3 Å². The van der Waals surface area contributed by atoms with Crippen LogP contribution < -0.4 is 9.47 Å². The second kappa shape index (κ2) is 5.31. The zero-order chi connectivity index (χ0) is 12.4. The van der Waals surface area contributed by atoms with Crippen LogP contribution in [-0.4, -0.2) is 19.0 Å². The summed E-state index contributed by atoms with van der Waals surface area (Å²) in [5.41, 5.74) is 1.06. The van der Waals surface area contributed by atoms with E-state index in [1.807, 2.05) is 18.3 Å². The highest BCUT2D eigenvalue weighted by molar-refractivity contribution is 9.10. The van der Waals surface area contributed by atoms with Crippen LogP contribution in [0.2, 0.25) is 0 Å². The molecule has 0 bridgehead atoms. The van der Waals surface area contributed by atoms with E-state index in [9.17, 15) is 0 Å². The van der Waals surface area contributed by atoms with Gasteiger partial charge in [-0.15, -0.1) is 0 Å². The van der Waals surface area contributed by atoms with Gasteiger partial charge in [0.15, 0.2) is 11.5 Å². The molecule has 0 N–H and O–H groups in total. The van der Waals surface area contributed by atoms with Crippen molar-refractivity contribution in [2.45, 2.75) is 38.1 Å². The van der Waals surface area contributed by atoms with Crippen molar-refractivity contribution in [3.63, 3.8) is 0 Å². The number of nitrogens with zero attached hydrogens (tertiary/aromatic N) is 1. The van der Waals surface area contributed by atoms with Crippen LogP contribution in [0.25, 0.3) is 0 Å². The Hall–Kier alpha value is -1.03. The zero-order valence-corrected chi connectivity index (χ0v) is 11.8. The molecular weight excluding hydrogens is 294 g/mol. The monoisotopic (exact) mass is 309 g/mol. The Morgan fingerprint density at radius 3 is 2.61 bits per heavy atom. The minimum Gasteiger partial charge on any atom is -0.454 e. The average Bonchev–Trinajstić information content (AvgIpc) is 2.84. The molecule has 3 rings (SSSR count). The number of fused-ring (bicyclic) bond motifs is 1. The van der Waals surface area contributed by atoms with E-state index in [0.717, 1.165) is 21.5 Å². The number of hydrogen-bond donors (Lipinski definition) is 0. The third kappa shape index (κ3) is 2.53. The van der Waals surface area contributed by atoms with Gasteiger partial charge in [-0.1, -0.05) is 19.3 Å². The lowest BCUT2D eigenvalue weighted by molar-refractivity contribution is 0.174. The first-order valence-corrected chi connectivity index (χ1v) is 7.24. The first-order chi connectivity index (χ1) is 8.83. The molecule has 3 nitrogen and oxygen atoms in total. The van der Waals surface area contributed by atoms with Crippen LogP contribution in [0.5, 0.6) is 11.5 Å². The predicted octanol–water partition coefficient (Wildman–Crippen LogP) is 3.93. The van der Waals surface area contributed by atoms with E-state index >= 15 is 0 Å². The van der Waals surface area contributed by atoms with Crippen molar-refractivity contribution in [1.29, 1.82) is 0 Å². The summed E-state index contributed by atoms with van der Waals surface area (Å²) in [6.07, 6.45) is 8.38. The van der Waals surface area contributed by atoms with Gasteiger partial charge in [0.2, 0.25) is 6.79 Å². The van der Waals surface area contributed by atoms with Gasteiger partial charge >= 0.3 is 0 Å². The summed E-state index contributed by atoms with van der Waals surface area (Å²) in [7, 11) is 0. The van der Waals surface area contributed by atoms with E-state index in [2.05, 4.69) is 20.9 Å². The van der Waals surface area contributed by atoms with Gasteiger partial charge in [0.05, 0.1) is 0 Å². The van der Waals surface area contributed by atoms with Crippen LogP contribution in [0.1, 0.15) is 37.7 Å². The Morgan fingerprint density at radius 2 is 1.83 bits per heavy atom. The molecule has 1 aromatic rings. The molecule has 1 fully saturated rings. The molecule has 1 saturated carbocycles. The average molecular weight is 310 g/mol. The smallest absolute Gasteiger partial charge is 0.231 e. The molecule has 0 unspecified atom stereocenters. The maximum atomic E-state index is 5.38. The van der Waals surface area contributed by atoms with Crippen molar-refractivity contribution in [2.24, 2.45) is 4.99 Å². The Kier molecular flexibility index (Phi) is 3.55. The molecule has 0 radical (unpaired) electrons. The molecule has 0 amide bonds. The molecule has 0 spiro atoms. The van der Waals surface area contributed by atoms with Crippen molar-refractivity contribution < 1.29 is 9.47 Å². The van der Waals surface area contributed by atoms with E-state index < -0.39 is 0 Å². The van der Waals surface area contributed by atoms with Crippen molar-refractivity contribution in [1.82, 2.24) is 0 Å². The van der Waals surface area contributed by atoms with E-state index in [1.165, 1.54) is 32.1 Å². The van der Waals surface area contributed by atoms with Crippen LogP contribution in [-0.2, 0) is 0 Å². The second-order valence-electron chi connectivity index (χ2n) is 4.80. The Labute approximate surface area is 115 Å². The molecular formula is C14H16BrNO2. The summed E-state index contributed by atoms with van der Waals surface area (Å²) < 4.78 is 11.7. The third-order valence-electron chi connectivity index (χ3n) is 3.49. The summed E-state index contributed by atoms with van der Waals surface area (Å²) >= 11 is 3.55. The number of benzene rings is 1. The highest BCUT2D eigenvalue weighted by atomic mass is 79.9. The number of rotatable bonds is 2. The van der Waals surface area contributed by atoms with Gasteiger partial charge in [0.1, 0.15) is 0 Å². The van der Waals surface area contributed by atoms with Crippen molar-refractivity contribution in [2.75, 3.05) is 6.79 Å². The number of aliphatic imine (C=N–C) groups is 1. The fourth-order valence-electron chi connectivity index (χ4n) is 2.45. The van der Waals surface area contributed by atoms with Gasteiger partial charge in [-0.2, -0.15) is 0 Å². The van der Waals surface area contributed by atoms with Gasteiger partial charge in [0.25, 0.3) is 0 Å². The van der Waals surface area contributed by atoms with Gasteiger partial charge in [-0.25, -0.2) is 0 Å². The van der Waals surface area contributed by atoms with Crippen LogP contribution in [0, 0.1) is 0 Å². The molecule has 18 heavy (non-hydrogen) atoms. The minimum absolute atomic E-state index is 0.311. The van der Waals surface area contributed by atoms with E-state index in [0.29, 0.717) is 12.8 Å².